The highest BCUT2D eigenvalue weighted by atomic mass is 16.5. The molecule has 102 valence electrons. The minimum Gasteiger partial charge on any atom is -0.452 e. The van der Waals surface area contributed by atoms with Crippen molar-refractivity contribution >= 4 is 17.5 Å². The summed E-state index contributed by atoms with van der Waals surface area (Å²) in [5.41, 5.74) is 3.34. The van der Waals surface area contributed by atoms with Gasteiger partial charge < -0.3 is 14.4 Å². The monoisotopic (exact) mass is 262 g/mol. The summed E-state index contributed by atoms with van der Waals surface area (Å²) in [6, 6.07) is 6.33. The molecule has 5 heteroatoms. The summed E-state index contributed by atoms with van der Waals surface area (Å²) in [6.07, 6.45) is 0.617. The molecule has 2 aliphatic rings. The van der Waals surface area contributed by atoms with Crippen molar-refractivity contribution in [1.29, 1.82) is 0 Å². The summed E-state index contributed by atoms with van der Waals surface area (Å²) < 4.78 is 10.2. The predicted molar refractivity (Wildman–Crippen MR) is 72.9 cm³/mol. The Hall–Kier alpha value is -1.75. The van der Waals surface area contributed by atoms with Crippen LogP contribution in [-0.2, 0) is 15.9 Å². The average molecular weight is 262 g/mol. The van der Waals surface area contributed by atoms with E-state index in [4.69, 9.17) is 9.47 Å². The standard InChI is InChI=1S/C14H18N2O3/c1-18-14(17)16-5-4-11-2-3-12(10-13(11)16)15-6-8-19-9-7-15/h2-3,10H,4-9H2,1H3. The second-order valence-electron chi connectivity index (χ2n) is 4.78. The molecule has 1 fully saturated rings. The molecule has 1 saturated heterocycles. The van der Waals surface area contributed by atoms with Gasteiger partial charge in [-0.3, -0.25) is 4.90 Å². The van der Waals surface area contributed by atoms with E-state index in [2.05, 4.69) is 23.1 Å². The number of methoxy groups -OCH3 is 1. The fourth-order valence-electron chi connectivity index (χ4n) is 2.69. The maximum absolute atomic E-state index is 11.7. The zero-order chi connectivity index (χ0) is 13.2. The Morgan fingerprint density at radius 2 is 2.05 bits per heavy atom. The highest BCUT2D eigenvalue weighted by molar-refractivity contribution is 5.91. The SMILES string of the molecule is COC(=O)N1CCc2ccc(N3CCOCC3)cc21. The molecule has 3 rings (SSSR count). The van der Waals surface area contributed by atoms with Crippen LogP contribution in [0, 0.1) is 0 Å². The van der Waals surface area contributed by atoms with Crippen LogP contribution >= 0.6 is 0 Å². The lowest BCUT2D eigenvalue weighted by Gasteiger charge is -2.29. The van der Waals surface area contributed by atoms with Crippen LogP contribution in [0.3, 0.4) is 0 Å². The number of anilines is 2. The maximum atomic E-state index is 11.7. The summed E-state index contributed by atoms with van der Waals surface area (Å²) >= 11 is 0. The van der Waals surface area contributed by atoms with Gasteiger partial charge in [-0.1, -0.05) is 6.07 Å². The van der Waals surface area contributed by atoms with Crippen LogP contribution in [0.5, 0.6) is 0 Å². The molecule has 1 aromatic rings. The number of ether oxygens (including phenoxy) is 2. The third-order valence-corrected chi connectivity index (χ3v) is 3.74. The minimum absolute atomic E-state index is 0.280. The second-order valence-corrected chi connectivity index (χ2v) is 4.78. The normalized spacial score (nSPS) is 18.4. The molecule has 1 aromatic carbocycles. The van der Waals surface area contributed by atoms with Crippen LogP contribution in [-0.4, -0.2) is 46.1 Å². The number of carbonyl (C=O) groups is 1. The topological polar surface area (TPSA) is 42.0 Å². The first-order valence-corrected chi connectivity index (χ1v) is 6.60. The predicted octanol–water partition coefficient (Wildman–Crippen LogP) is 1.65. The van der Waals surface area contributed by atoms with Gasteiger partial charge in [0.25, 0.3) is 0 Å². The zero-order valence-electron chi connectivity index (χ0n) is 11.1. The molecule has 5 nitrogen and oxygen atoms in total. The highest BCUT2D eigenvalue weighted by Crippen LogP contribution is 2.32. The summed E-state index contributed by atoms with van der Waals surface area (Å²) in [5.74, 6) is 0. The summed E-state index contributed by atoms with van der Waals surface area (Å²) in [4.78, 5) is 15.7. The second kappa shape index (κ2) is 5.09. The van der Waals surface area contributed by atoms with E-state index in [1.54, 1.807) is 4.90 Å². The van der Waals surface area contributed by atoms with Gasteiger partial charge in [0.15, 0.2) is 0 Å². The molecule has 0 saturated carbocycles. The van der Waals surface area contributed by atoms with E-state index in [-0.39, 0.29) is 6.09 Å². The molecular formula is C14H18N2O3. The molecular weight excluding hydrogens is 244 g/mol. The van der Waals surface area contributed by atoms with Crippen molar-refractivity contribution in [3.05, 3.63) is 23.8 Å². The maximum Gasteiger partial charge on any atom is 0.414 e. The number of fused-ring (bicyclic) bond motifs is 1. The Bertz CT molecular complexity index is 484. The van der Waals surface area contributed by atoms with Crippen molar-refractivity contribution in [2.24, 2.45) is 0 Å². The van der Waals surface area contributed by atoms with Gasteiger partial charge >= 0.3 is 6.09 Å². The van der Waals surface area contributed by atoms with Gasteiger partial charge in [0.05, 0.1) is 26.0 Å². The fraction of sp³-hybridized carbons (Fsp3) is 0.500. The smallest absolute Gasteiger partial charge is 0.414 e. The first-order chi connectivity index (χ1) is 9.29. The van der Waals surface area contributed by atoms with Gasteiger partial charge in [-0.05, 0) is 24.1 Å². The Morgan fingerprint density at radius 3 is 2.79 bits per heavy atom. The molecule has 1 amide bonds. The van der Waals surface area contributed by atoms with Crippen LogP contribution < -0.4 is 9.80 Å². The molecule has 0 aliphatic carbocycles. The lowest BCUT2D eigenvalue weighted by molar-refractivity contribution is 0.122. The lowest BCUT2D eigenvalue weighted by atomic mass is 10.1. The quantitative estimate of drug-likeness (QED) is 0.772. The number of benzene rings is 1. The molecule has 0 N–H and O–H groups in total. The van der Waals surface area contributed by atoms with E-state index in [0.29, 0.717) is 6.54 Å². The van der Waals surface area contributed by atoms with Crippen LogP contribution in [0.4, 0.5) is 16.2 Å². The number of morpholine rings is 1. The molecule has 0 bridgehead atoms. The van der Waals surface area contributed by atoms with Crippen molar-refractivity contribution in [3.8, 4) is 0 Å². The molecule has 19 heavy (non-hydrogen) atoms. The Kier molecular flexibility index (Phi) is 3.29. The van der Waals surface area contributed by atoms with E-state index < -0.39 is 0 Å². The molecule has 0 atom stereocenters. The first-order valence-electron chi connectivity index (χ1n) is 6.60. The fourth-order valence-corrected chi connectivity index (χ4v) is 2.69. The van der Waals surface area contributed by atoms with Crippen LogP contribution in [0.2, 0.25) is 0 Å². The molecule has 0 aromatic heterocycles. The van der Waals surface area contributed by atoms with E-state index in [1.165, 1.54) is 12.7 Å². The first kappa shape index (κ1) is 12.3. The van der Waals surface area contributed by atoms with E-state index >= 15 is 0 Å². The van der Waals surface area contributed by atoms with Crippen LogP contribution in [0.25, 0.3) is 0 Å². The largest absolute Gasteiger partial charge is 0.452 e. The van der Waals surface area contributed by atoms with Crippen LogP contribution in [0.1, 0.15) is 5.56 Å². The summed E-state index contributed by atoms with van der Waals surface area (Å²) in [7, 11) is 1.42. The number of amides is 1. The lowest BCUT2D eigenvalue weighted by Crippen LogP contribution is -2.36. The Labute approximate surface area is 112 Å². The van der Waals surface area contributed by atoms with Gasteiger partial charge in [0.2, 0.25) is 0 Å². The number of nitrogens with zero attached hydrogens (tertiary/aromatic N) is 2. The zero-order valence-corrected chi connectivity index (χ0v) is 11.1. The molecule has 2 aliphatic heterocycles. The van der Waals surface area contributed by atoms with E-state index in [9.17, 15) is 4.79 Å². The Balaban J connectivity index is 1.87. The average Bonchev–Trinajstić information content (AvgIpc) is 2.90. The van der Waals surface area contributed by atoms with Crippen molar-refractivity contribution in [2.45, 2.75) is 6.42 Å². The van der Waals surface area contributed by atoms with Crippen molar-refractivity contribution in [2.75, 3.05) is 49.8 Å². The number of carbonyl (C=O) groups excluding carboxylic acids is 1. The number of hydrogen-bond acceptors (Lipinski definition) is 4. The van der Waals surface area contributed by atoms with Crippen molar-refractivity contribution in [1.82, 2.24) is 0 Å². The molecule has 0 unspecified atom stereocenters. The third-order valence-electron chi connectivity index (χ3n) is 3.74. The minimum atomic E-state index is -0.280. The molecule has 2 heterocycles. The van der Waals surface area contributed by atoms with Gasteiger partial charge in [-0.25, -0.2) is 4.79 Å². The van der Waals surface area contributed by atoms with E-state index in [0.717, 1.165) is 44.1 Å². The van der Waals surface area contributed by atoms with Gasteiger partial charge in [-0.2, -0.15) is 0 Å². The van der Waals surface area contributed by atoms with E-state index in [1.807, 2.05) is 0 Å². The molecule has 0 spiro atoms. The third kappa shape index (κ3) is 2.26. The highest BCUT2D eigenvalue weighted by Gasteiger charge is 2.26. The van der Waals surface area contributed by atoms with Crippen molar-refractivity contribution < 1.29 is 14.3 Å². The Morgan fingerprint density at radius 1 is 1.26 bits per heavy atom. The number of hydrogen-bond donors (Lipinski definition) is 0. The van der Waals surface area contributed by atoms with Crippen molar-refractivity contribution in [3.63, 3.8) is 0 Å². The van der Waals surface area contributed by atoms with Gasteiger partial charge in [0, 0.05) is 25.3 Å². The van der Waals surface area contributed by atoms with Gasteiger partial charge in [-0.15, -0.1) is 0 Å². The molecule has 0 radical (unpaired) electrons. The van der Waals surface area contributed by atoms with Crippen LogP contribution in [0.15, 0.2) is 18.2 Å². The van der Waals surface area contributed by atoms with Gasteiger partial charge in [0.1, 0.15) is 0 Å². The summed E-state index contributed by atoms with van der Waals surface area (Å²) in [6.45, 7) is 4.03. The number of rotatable bonds is 1. The summed E-state index contributed by atoms with van der Waals surface area (Å²) in [5, 5.41) is 0.